The van der Waals surface area contributed by atoms with E-state index in [9.17, 15) is 9.90 Å². The number of nitrogens with one attached hydrogen (secondary N) is 2. The van der Waals surface area contributed by atoms with Crippen LogP contribution in [-0.2, 0) is 0 Å². The standard InChI is InChI=1S/C14H13IN2O2S/c1-6-7(2)20-14-11(6)13(19)16-12(17-14)8-3-4-10(18)9(15)5-8/h3-5,12,17-18H,1-2H3,(H,16,19). The molecule has 0 radical (unpaired) electrons. The van der Waals surface area contributed by atoms with Crippen molar-refractivity contribution in [1.29, 1.82) is 0 Å². The molecule has 1 amide bonds. The van der Waals surface area contributed by atoms with E-state index in [-0.39, 0.29) is 17.8 Å². The zero-order chi connectivity index (χ0) is 14.4. The van der Waals surface area contributed by atoms with E-state index in [1.54, 1.807) is 17.4 Å². The summed E-state index contributed by atoms with van der Waals surface area (Å²) in [4.78, 5) is 13.4. The lowest BCUT2D eigenvalue weighted by Crippen LogP contribution is -2.38. The molecule has 3 N–H and O–H groups in total. The first-order valence-corrected chi connectivity index (χ1v) is 8.02. The van der Waals surface area contributed by atoms with Crippen molar-refractivity contribution < 1.29 is 9.90 Å². The SMILES string of the molecule is Cc1sc2c(c1C)C(=O)NC(c1ccc(O)c(I)c1)N2. The van der Waals surface area contributed by atoms with E-state index in [1.165, 1.54) is 0 Å². The number of phenolic OH excluding ortho intramolecular Hbond substituents is 1. The lowest BCUT2D eigenvalue weighted by atomic mass is 10.1. The molecule has 4 nitrogen and oxygen atoms in total. The highest BCUT2D eigenvalue weighted by Crippen LogP contribution is 2.37. The number of aromatic hydroxyl groups is 1. The van der Waals surface area contributed by atoms with Gasteiger partial charge in [-0.3, -0.25) is 4.79 Å². The molecule has 0 saturated carbocycles. The Morgan fingerprint density at radius 1 is 1.30 bits per heavy atom. The van der Waals surface area contributed by atoms with E-state index in [0.717, 1.165) is 30.1 Å². The van der Waals surface area contributed by atoms with Crippen LogP contribution in [-0.4, -0.2) is 11.0 Å². The number of hydrogen-bond acceptors (Lipinski definition) is 4. The zero-order valence-electron chi connectivity index (χ0n) is 11.0. The Morgan fingerprint density at radius 3 is 2.75 bits per heavy atom. The molecule has 2 heterocycles. The smallest absolute Gasteiger partial charge is 0.256 e. The molecule has 0 fully saturated rings. The zero-order valence-corrected chi connectivity index (χ0v) is 13.9. The first kappa shape index (κ1) is 13.7. The monoisotopic (exact) mass is 400 g/mol. The summed E-state index contributed by atoms with van der Waals surface area (Å²) >= 11 is 3.68. The molecule has 0 spiro atoms. The van der Waals surface area contributed by atoms with Gasteiger partial charge >= 0.3 is 0 Å². The molecule has 2 aromatic rings. The first-order valence-electron chi connectivity index (χ1n) is 6.13. The fourth-order valence-corrected chi connectivity index (χ4v) is 3.87. The Labute approximate surface area is 134 Å². The van der Waals surface area contributed by atoms with Crippen LogP contribution in [0, 0.1) is 17.4 Å². The number of fused-ring (bicyclic) bond motifs is 1. The third-order valence-corrected chi connectivity index (χ3v) is 5.47. The lowest BCUT2D eigenvalue weighted by molar-refractivity contribution is 0.0936. The fraction of sp³-hybridized carbons (Fsp3) is 0.214. The molecule has 3 rings (SSSR count). The number of aryl methyl sites for hydroxylation is 1. The van der Waals surface area contributed by atoms with Gasteiger partial charge in [0.1, 0.15) is 16.9 Å². The van der Waals surface area contributed by atoms with Crippen LogP contribution in [0.25, 0.3) is 0 Å². The Morgan fingerprint density at radius 2 is 2.05 bits per heavy atom. The fourth-order valence-electron chi connectivity index (χ4n) is 2.24. The van der Waals surface area contributed by atoms with Crippen LogP contribution >= 0.6 is 33.9 Å². The predicted molar refractivity (Wildman–Crippen MR) is 88.4 cm³/mol. The number of carbonyl (C=O) groups is 1. The van der Waals surface area contributed by atoms with Crippen LogP contribution < -0.4 is 10.6 Å². The maximum absolute atomic E-state index is 12.3. The highest BCUT2D eigenvalue weighted by molar-refractivity contribution is 14.1. The molecule has 1 aliphatic rings. The van der Waals surface area contributed by atoms with Crippen LogP contribution in [0.5, 0.6) is 5.75 Å². The number of hydrogen-bond donors (Lipinski definition) is 3. The van der Waals surface area contributed by atoms with Crippen molar-refractivity contribution in [3.8, 4) is 5.75 Å². The number of phenols is 1. The van der Waals surface area contributed by atoms with Crippen molar-refractivity contribution in [3.05, 3.63) is 43.3 Å². The Bertz CT molecular complexity index is 711. The predicted octanol–water partition coefficient (Wildman–Crippen LogP) is 3.53. The number of amides is 1. The first-order chi connectivity index (χ1) is 9.47. The summed E-state index contributed by atoms with van der Waals surface area (Å²) in [6.45, 7) is 3.99. The molecule has 1 aromatic heterocycles. The van der Waals surface area contributed by atoms with Crippen molar-refractivity contribution in [2.45, 2.75) is 20.0 Å². The second-order valence-corrected chi connectivity index (χ2v) is 7.14. The minimum atomic E-state index is -0.262. The molecule has 104 valence electrons. The molecule has 1 atom stereocenters. The minimum Gasteiger partial charge on any atom is -0.507 e. The molecule has 1 aromatic carbocycles. The average Bonchev–Trinajstić information content (AvgIpc) is 2.68. The van der Waals surface area contributed by atoms with Crippen LogP contribution in [0.3, 0.4) is 0 Å². The molecular formula is C14H13IN2O2S. The summed E-state index contributed by atoms with van der Waals surface area (Å²) in [6, 6.07) is 5.32. The van der Waals surface area contributed by atoms with E-state index in [2.05, 4.69) is 33.2 Å². The number of halogens is 1. The molecule has 0 aliphatic carbocycles. The van der Waals surface area contributed by atoms with Crippen LogP contribution in [0.4, 0.5) is 5.00 Å². The van der Waals surface area contributed by atoms with Gasteiger partial charge < -0.3 is 15.7 Å². The van der Waals surface area contributed by atoms with Gasteiger partial charge in [-0.25, -0.2) is 0 Å². The maximum Gasteiger partial charge on any atom is 0.256 e. The van der Waals surface area contributed by atoms with Gasteiger partial charge in [-0.05, 0) is 59.7 Å². The number of rotatable bonds is 1. The Kier molecular flexibility index (Phi) is 3.37. The van der Waals surface area contributed by atoms with Crippen molar-refractivity contribution in [3.63, 3.8) is 0 Å². The maximum atomic E-state index is 12.3. The molecule has 0 bridgehead atoms. The van der Waals surface area contributed by atoms with E-state index in [1.807, 2.05) is 26.0 Å². The molecule has 1 aliphatic heterocycles. The van der Waals surface area contributed by atoms with Gasteiger partial charge in [0.2, 0.25) is 0 Å². The molecule has 1 unspecified atom stereocenters. The lowest BCUT2D eigenvalue weighted by Gasteiger charge is -2.26. The number of benzene rings is 1. The largest absolute Gasteiger partial charge is 0.507 e. The van der Waals surface area contributed by atoms with Gasteiger partial charge in [0, 0.05) is 4.88 Å². The normalized spacial score (nSPS) is 17.4. The van der Waals surface area contributed by atoms with Crippen molar-refractivity contribution >= 4 is 44.8 Å². The van der Waals surface area contributed by atoms with Gasteiger partial charge in [0.25, 0.3) is 5.91 Å². The van der Waals surface area contributed by atoms with E-state index in [0.29, 0.717) is 0 Å². The molecule has 20 heavy (non-hydrogen) atoms. The highest BCUT2D eigenvalue weighted by atomic mass is 127. The van der Waals surface area contributed by atoms with Gasteiger partial charge in [0.05, 0.1) is 9.13 Å². The molecule has 6 heteroatoms. The molecule has 0 saturated heterocycles. The Hall–Kier alpha value is -1.28. The average molecular weight is 400 g/mol. The number of thiophene rings is 1. The van der Waals surface area contributed by atoms with Crippen LogP contribution in [0.1, 0.15) is 32.5 Å². The van der Waals surface area contributed by atoms with Gasteiger partial charge in [0.15, 0.2) is 0 Å². The van der Waals surface area contributed by atoms with Crippen LogP contribution in [0.2, 0.25) is 0 Å². The van der Waals surface area contributed by atoms with Crippen molar-refractivity contribution in [2.75, 3.05) is 5.32 Å². The van der Waals surface area contributed by atoms with Crippen molar-refractivity contribution in [1.82, 2.24) is 5.32 Å². The summed E-state index contributed by atoms with van der Waals surface area (Å²) in [7, 11) is 0. The summed E-state index contributed by atoms with van der Waals surface area (Å²) in [5.41, 5.74) is 2.71. The van der Waals surface area contributed by atoms with Gasteiger partial charge in [-0.15, -0.1) is 11.3 Å². The number of anilines is 1. The third kappa shape index (κ3) is 2.16. The van der Waals surface area contributed by atoms with E-state index in [4.69, 9.17) is 0 Å². The third-order valence-electron chi connectivity index (χ3n) is 3.47. The minimum absolute atomic E-state index is 0.0475. The molecular weight excluding hydrogens is 387 g/mol. The second kappa shape index (κ2) is 4.92. The topological polar surface area (TPSA) is 61.4 Å². The second-order valence-electron chi connectivity index (χ2n) is 4.75. The quantitative estimate of drug-likeness (QED) is 0.642. The van der Waals surface area contributed by atoms with Gasteiger partial charge in [-0.2, -0.15) is 0 Å². The Balaban J connectivity index is 1.99. The van der Waals surface area contributed by atoms with Gasteiger partial charge in [-0.1, -0.05) is 6.07 Å². The van der Waals surface area contributed by atoms with E-state index >= 15 is 0 Å². The highest BCUT2D eigenvalue weighted by Gasteiger charge is 2.29. The van der Waals surface area contributed by atoms with Crippen LogP contribution in [0.15, 0.2) is 18.2 Å². The van der Waals surface area contributed by atoms with Crippen molar-refractivity contribution in [2.24, 2.45) is 0 Å². The summed E-state index contributed by atoms with van der Waals surface area (Å²) < 4.78 is 0.764. The summed E-state index contributed by atoms with van der Waals surface area (Å²) in [5.74, 6) is 0.202. The summed E-state index contributed by atoms with van der Waals surface area (Å²) in [5, 5.41) is 16.8. The van der Waals surface area contributed by atoms with E-state index < -0.39 is 0 Å². The summed E-state index contributed by atoms with van der Waals surface area (Å²) in [6.07, 6.45) is -0.262. The number of carbonyl (C=O) groups excluding carboxylic acids is 1.